The van der Waals surface area contributed by atoms with E-state index in [1.807, 2.05) is 26.0 Å². The van der Waals surface area contributed by atoms with Gasteiger partial charge in [-0.1, -0.05) is 15.9 Å². The van der Waals surface area contributed by atoms with Crippen molar-refractivity contribution in [1.82, 2.24) is 14.6 Å². The number of carbonyl (C=O) groups excluding carboxylic acids is 2. The van der Waals surface area contributed by atoms with Crippen molar-refractivity contribution in [2.24, 2.45) is 0 Å². The maximum absolute atomic E-state index is 12.2. The Bertz CT molecular complexity index is 1080. The van der Waals surface area contributed by atoms with Crippen molar-refractivity contribution < 1.29 is 14.3 Å². The van der Waals surface area contributed by atoms with Crippen molar-refractivity contribution in [3.63, 3.8) is 0 Å². The zero-order chi connectivity index (χ0) is 20.3. The van der Waals surface area contributed by atoms with Crippen LogP contribution in [0.3, 0.4) is 0 Å². The van der Waals surface area contributed by atoms with Crippen LogP contribution in [-0.4, -0.2) is 33.1 Å². The van der Waals surface area contributed by atoms with Crippen LogP contribution in [0, 0.1) is 13.8 Å². The minimum absolute atomic E-state index is 0.0621. The van der Waals surface area contributed by atoms with Gasteiger partial charge in [0, 0.05) is 29.0 Å². The summed E-state index contributed by atoms with van der Waals surface area (Å²) in [5.74, 6) is -0.802. The zero-order valence-electron chi connectivity index (χ0n) is 15.4. The summed E-state index contributed by atoms with van der Waals surface area (Å²) < 4.78 is 7.45. The molecule has 28 heavy (non-hydrogen) atoms. The number of halogens is 1. The second-order valence-electron chi connectivity index (χ2n) is 6.34. The molecule has 0 aliphatic heterocycles. The van der Waals surface area contributed by atoms with Gasteiger partial charge in [-0.3, -0.25) is 9.59 Å². The standard InChI is InChI=1S/C19H19BrN4O4/c1-11-8-13(20)9-12(2)16(11)23-15(25)4-3-7-28-19(27)14-10-22-24-6-5-21-18(26)17(14)24/h5-6,8-10H,3-4,7H2,1-2H3,(H,21,26)(H,23,25). The fourth-order valence-corrected chi connectivity index (χ4v) is 3.57. The maximum atomic E-state index is 12.2. The van der Waals surface area contributed by atoms with Gasteiger partial charge < -0.3 is 15.0 Å². The Kier molecular flexibility index (Phi) is 5.93. The molecule has 2 N–H and O–H groups in total. The van der Waals surface area contributed by atoms with Crippen molar-refractivity contribution in [2.45, 2.75) is 26.7 Å². The summed E-state index contributed by atoms with van der Waals surface area (Å²) in [7, 11) is 0. The molecule has 0 aliphatic rings. The smallest absolute Gasteiger partial charge is 0.342 e. The summed E-state index contributed by atoms with van der Waals surface area (Å²) in [4.78, 5) is 38.7. The highest BCUT2D eigenvalue weighted by molar-refractivity contribution is 9.10. The number of hydrogen-bond acceptors (Lipinski definition) is 5. The van der Waals surface area contributed by atoms with Gasteiger partial charge in [-0.25, -0.2) is 9.31 Å². The van der Waals surface area contributed by atoms with Gasteiger partial charge in [-0.05, 0) is 43.5 Å². The molecular weight excluding hydrogens is 428 g/mol. The lowest BCUT2D eigenvalue weighted by Gasteiger charge is -2.12. The molecule has 146 valence electrons. The highest BCUT2D eigenvalue weighted by Crippen LogP contribution is 2.25. The number of fused-ring (bicyclic) bond motifs is 1. The summed E-state index contributed by atoms with van der Waals surface area (Å²) in [6, 6.07) is 3.87. The molecule has 9 heteroatoms. The van der Waals surface area contributed by atoms with Crippen molar-refractivity contribution in [3.05, 3.63) is 62.2 Å². The molecule has 8 nitrogen and oxygen atoms in total. The van der Waals surface area contributed by atoms with Gasteiger partial charge in [0.1, 0.15) is 11.1 Å². The quantitative estimate of drug-likeness (QED) is 0.447. The first kappa shape index (κ1) is 19.8. The highest BCUT2D eigenvalue weighted by atomic mass is 79.9. The zero-order valence-corrected chi connectivity index (χ0v) is 17.0. The number of H-pyrrole nitrogens is 1. The van der Waals surface area contributed by atoms with Gasteiger partial charge in [-0.2, -0.15) is 5.10 Å². The molecule has 0 bridgehead atoms. The van der Waals surface area contributed by atoms with E-state index >= 15 is 0 Å². The number of benzene rings is 1. The third-order valence-electron chi connectivity index (χ3n) is 4.20. The molecule has 0 atom stereocenters. The fraction of sp³-hybridized carbons (Fsp3) is 0.263. The molecule has 0 aliphatic carbocycles. The molecule has 0 radical (unpaired) electrons. The number of ether oxygens (including phenoxy) is 1. The molecule has 1 amide bonds. The summed E-state index contributed by atoms with van der Waals surface area (Å²) in [6.45, 7) is 3.91. The molecule has 0 unspecified atom stereocenters. The average molecular weight is 447 g/mol. The van der Waals surface area contributed by atoms with E-state index in [2.05, 4.69) is 31.3 Å². The van der Waals surface area contributed by atoms with Crippen LogP contribution < -0.4 is 10.9 Å². The Balaban J connectivity index is 1.52. The van der Waals surface area contributed by atoms with E-state index in [0.29, 0.717) is 6.42 Å². The van der Waals surface area contributed by atoms with E-state index in [4.69, 9.17) is 4.74 Å². The van der Waals surface area contributed by atoms with Crippen LogP contribution in [0.5, 0.6) is 0 Å². The lowest BCUT2D eigenvalue weighted by atomic mass is 10.1. The molecule has 2 heterocycles. The van der Waals surface area contributed by atoms with E-state index in [0.717, 1.165) is 21.3 Å². The molecule has 0 fully saturated rings. The Morgan fingerprint density at radius 2 is 2.00 bits per heavy atom. The van der Waals surface area contributed by atoms with E-state index in [9.17, 15) is 14.4 Å². The third kappa shape index (κ3) is 4.30. The second-order valence-corrected chi connectivity index (χ2v) is 7.26. The predicted molar refractivity (Wildman–Crippen MR) is 108 cm³/mol. The Morgan fingerprint density at radius 1 is 1.29 bits per heavy atom. The first-order valence-corrected chi connectivity index (χ1v) is 9.45. The molecule has 2 aromatic heterocycles. The van der Waals surface area contributed by atoms with Crippen LogP contribution in [0.2, 0.25) is 0 Å². The number of aromatic nitrogens is 3. The number of esters is 1. The molecule has 0 saturated heterocycles. The molecular formula is C19H19BrN4O4. The predicted octanol–water partition coefficient (Wildman–Crippen LogP) is 2.98. The largest absolute Gasteiger partial charge is 0.462 e. The number of aryl methyl sites for hydroxylation is 2. The summed E-state index contributed by atoms with van der Waals surface area (Å²) in [5.41, 5.74) is 2.51. The summed E-state index contributed by atoms with van der Waals surface area (Å²) in [5, 5.41) is 6.85. The van der Waals surface area contributed by atoms with Crippen molar-refractivity contribution in [1.29, 1.82) is 0 Å². The maximum Gasteiger partial charge on any atom is 0.342 e. The van der Waals surface area contributed by atoms with Gasteiger partial charge in [0.2, 0.25) is 5.91 Å². The minimum atomic E-state index is -0.647. The van der Waals surface area contributed by atoms with Gasteiger partial charge in [0.05, 0.1) is 12.8 Å². The van der Waals surface area contributed by atoms with Crippen molar-refractivity contribution in [3.8, 4) is 0 Å². The number of aromatic amines is 1. The average Bonchev–Trinajstić information content (AvgIpc) is 3.07. The molecule has 0 spiro atoms. The summed E-state index contributed by atoms with van der Waals surface area (Å²) >= 11 is 3.43. The van der Waals surface area contributed by atoms with Crippen LogP contribution >= 0.6 is 15.9 Å². The first-order valence-electron chi connectivity index (χ1n) is 8.65. The van der Waals surface area contributed by atoms with Gasteiger partial charge >= 0.3 is 5.97 Å². The first-order chi connectivity index (χ1) is 13.4. The van der Waals surface area contributed by atoms with Crippen LogP contribution in [0.4, 0.5) is 5.69 Å². The van der Waals surface area contributed by atoms with Gasteiger partial charge in [0.15, 0.2) is 0 Å². The number of carbonyl (C=O) groups is 2. The molecule has 1 aromatic carbocycles. The monoisotopic (exact) mass is 446 g/mol. The fourth-order valence-electron chi connectivity index (χ4n) is 2.89. The van der Waals surface area contributed by atoms with Crippen LogP contribution in [0.15, 0.2) is 40.0 Å². The van der Waals surface area contributed by atoms with Gasteiger partial charge in [0.25, 0.3) is 5.56 Å². The normalized spacial score (nSPS) is 10.8. The van der Waals surface area contributed by atoms with Crippen molar-refractivity contribution >= 4 is 39.0 Å². The Hall–Kier alpha value is -2.94. The molecule has 3 rings (SSSR count). The minimum Gasteiger partial charge on any atom is -0.462 e. The number of amides is 1. The van der Waals surface area contributed by atoms with E-state index in [-0.39, 0.29) is 30.0 Å². The third-order valence-corrected chi connectivity index (χ3v) is 4.66. The van der Waals surface area contributed by atoms with Gasteiger partial charge in [-0.15, -0.1) is 0 Å². The summed E-state index contributed by atoms with van der Waals surface area (Å²) in [6.07, 6.45) is 4.83. The van der Waals surface area contributed by atoms with E-state index in [1.165, 1.54) is 23.1 Å². The number of anilines is 1. The second kappa shape index (κ2) is 8.39. The number of rotatable bonds is 6. The lowest BCUT2D eigenvalue weighted by molar-refractivity contribution is -0.116. The molecule has 0 saturated carbocycles. The van der Waals surface area contributed by atoms with Crippen LogP contribution in [-0.2, 0) is 9.53 Å². The SMILES string of the molecule is Cc1cc(Br)cc(C)c1NC(=O)CCCOC(=O)c1cnn2cc[nH]c(=O)c12. The molecule has 3 aromatic rings. The number of nitrogens with zero attached hydrogens (tertiary/aromatic N) is 2. The number of hydrogen-bond donors (Lipinski definition) is 2. The Labute approximate surface area is 169 Å². The highest BCUT2D eigenvalue weighted by Gasteiger charge is 2.17. The van der Waals surface area contributed by atoms with E-state index in [1.54, 1.807) is 0 Å². The van der Waals surface area contributed by atoms with Crippen LogP contribution in [0.25, 0.3) is 5.52 Å². The number of nitrogens with one attached hydrogen (secondary N) is 2. The topological polar surface area (TPSA) is 106 Å². The Morgan fingerprint density at radius 3 is 2.71 bits per heavy atom. The van der Waals surface area contributed by atoms with Crippen molar-refractivity contribution in [2.75, 3.05) is 11.9 Å². The lowest BCUT2D eigenvalue weighted by Crippen LogP contribution is -2.16. The van der Waals surface area contributed by atoms with E-state index < -0.39 is 11.5 Å². The van der Waals surface area contributed by atoms with Crippen LogP contribution in [0.1, 0.15) is 34.3 Å².